The smallest absolute Gasteiger partial charge is 0.321 e. The van der Waals surface area contributed by atoms with Gasteiger partial charge in [-0.05, 0) is 56.9 Å². The maximum atomic E-state index is 12.6. The van der Waals surface area contributed by atoms with Crippen molar-refractivity contribution in [2.24, 2.45) is 5.92 Å². The molecule has 0 radical (unpaired) electrons. The Bertz CT molecular complexity index is 692. The fourth-order valence-electron chi connectivity index (χ4n) is 3.09. The number of urea groups is 2. The van der Waals surface area contributed by atoms with Crippen LogP contribution in [0.5, 0.6) is 0 Å². The molecule has 4 N–H and O–H groups in total. The molecule has 8 heteroatoms. The van der Waals surface area contributed by atoms with Crippen LogP contribution in [0.25, 0.3) is 0 Å². The molecule has 1 aromatic carbocycles. The number of rotatable bonds is 7. The summed E-state index contributed by atoms with van der Waals surface area (Å²) < 4.78 is 0. The molecule has 1 aliphatic rings. The summed E-state index contributed by atoms with van der Waals surface area (Å²) in [5, 5.41) is 11.4. The Kier molecular flexibility index (Phi) is 8.76. The molecule has 0 spiro atoms. The SMILES string of the molecule is CCCNC(=O)Nc1ccc(NC(=O)N2CCC[C@@H](C(=O)N[C@@H](C)CC)C2)cc1. The van der Waals surface area contributed by atoms with Crippen molar-refractivity contribution in [3.05, 3.63) is 24.3 Å². The number of anilines is 2. The first-order chi connectivity index (χ1) is 13.9. The zero-order valence-corrected chi connectivity index (χ0v) is 17.6. The van der Waals surface area contributed by atoms with E-state index in [0.29, 0.717) is 31.0 Å². The summed E-state index contributed by atoms with van der Waals surface area (Å²) >= 11 is 0. The Balaban J connectivity index is 1.86. The Morgan fingerprint density at radius 3 is 2.38 bits per heavy atom. The van der Waals surface area contributed by atoms with Gasteiger partial charge in [0.05, 0.1) is 5.92 Å². The summed E-state index contributed by atoms with van der Waals surface area (Å²) in [4.78, 5) is 38.3. The van der Waals surface area contributed by atoms with Crippen LogP contribution in [0.1, 0.15) is 46.5 Å². The number of piperidine rings is 1. The normalized spacial score (nSPS) is 17.2. The summed E-state index contributed by atoms with van der Waals surface area (Å²) in [5.41, 5.74) is 1.29. The van der Waals surface area contributed by atoms with Crippen molar-refractivity contribution < 1.29 is 14.4 Å². The average molecular weight is 404 g/mol. The van der Waals surface area contributed by atoms with Gasteiger partial charge in [-0.3, -0.25) is 4.79 Å². The van der Waals surface area contributed by atoms with E-state index in [4.69, 9.17) is 0 Å². The highest BCUT2D eigenvalue weighted by Gasteiger charge is 2.28. The van der Waals surface area contributed by atoms with E-state index in [-0.39, 0.29) is 29.9 Å². The lowest BCUT2D eigenvalue weighted by molar-refractivity contribution is -0.126. The minimum atomic E-state index is -0.251. The predicted molar refractivity (Wildman–Crippen MR) is 115 cm³/mol. The molecule has 5 amide bonds. The highest BCUT2D eigenvalue weighted by Crippen LogP contribution is 2.19. The summed E-state index contributed by atoms with van der Waals surface area (Å²) in [6.07, 6.45) is 3.36. The van der Waals surface area contributed by atoms with Crippen LogP contribution in [-0.2, 0) is 4.79 Å². The first-order valence-corrected chi connectivity index (χ1v) is 10.4. The van der Waals surface area contributed by atoms with Crippen LogP contribution in [0, 0.1) is 5.92 Å². The van der Waals surface area contributed by atoms with Crippen LogP contribution in [0.2, 0.25) is 0 Å². The number of amides is 5. The van der Waals surface area contributed by atoms with Gasteiger partial charge in [-0.25, -0.2) is 9.59 Å². The lowest BCUT2D eigenvalue weighted by Crippen LogP contribution is -2.48. The third-order valence-corrected chi connectivity index (χ3v) is 5.01. The minimum Gasteiger partial charge on any atom is -0.353 e. The number of likely N-dealkylation sites (tertiary alicyclic amines) is 1. The number of hydrogen-bond donors (Lipinski definition) is 4. The van der Waals surface area contributed by atoms with E-state index >= 15 is 0 Å². The highest BCUT2D eigenvalue weighted by atomic mass is 16.2. The minimum absolute atomic E-state index is 0.0219. The summed E-state index contributed by atoms with van der Waals surface area (Å²) in [6.45, 7) is 7.68. The number of nitrogens with one attached hydrogen (secondary N) is 4. The van der Waals surface area contributed by atoms with Crippen LogP contribution in [-0.4, -0.2) is 48.5 Å². The van der Waals surface area contributed by atoms with Gasteiger partial charge in [-0.1, -0.05) is 13.8 Å². The van der Waals surface area contributed by atoms with Crippen LogP contribution in [0.15, 0.2) is 24.3 Å². The molecule has 1 aromatic rings. The largest absolute Gasteiger partial charge is 0.353 e. The van der Waals surface area contributed by atoms with E-state index in [0.717, 1.165) is 25.7 Å². The second kappa shape index (κ2) is 11.3. The monoisotopic (exact) mass is 403 g/mol. The maximum absolute atomic E-state index is 12.6. The van der Waals surface area contributed by atoms with Gasteiger partial charge in [0, 0.05) is 37.1 Å². The van der Waals surface area contributed by atoms with Gasteiger partial charge in [-0.2, -0.15) is 0 Å². The molecule has 0 saturated carbocycles. The molecule has 1 fully saturated rings. The quantitative estimate of drug-likeness (QED) is 0.561. The molecule has 0 unspecified atom stereocenters. The Morgan fingerprint density at radius 2 is 1.76 bits per heavy atom. The fourth-order valence-corrected chi connectivity index (χ4v) is 3.09. The van der Waals surface area contributed by atoms with Gasteiger partial charge >= 0.3 is 12.1 Å². The summed E-state index contributed by atoms with van der Waals surface area (Å²) in [7, 11) is 0. The van der Waals surface area contributed by atoms with Gasteiger partial charge in [0.1, 0.15) is 0 Å². The van der Waals surface area contributed by atoms with Gasteiger partial charge < -0.3 is 26.2 Å². The number of benzene rings is 1. The van der Waals surface area contributed by atoms with Crippen molar-refractivity contribution in [3.8, 4) is 0 Å². The van der Waals surface area contributed by atoms with Crippen molar-refractivity contribution in [2.45, 2.75) is 52.5 Å². The third-order valence-electron chi connectivity index (χ3n) is 5.01. The number of carbonyl (C=O) groups excluding carboxylic acids is 3. The van der Waals surface area contributed by atoms with Crippen LogP contribution < -0.4 is 21.3 Å². The zero-order chi connectivity index (χ0) is 21.2. The molecule has 1 heterocycles. The zero-order valence-electron chi connectivity index (χ0n) is 17.6. The molecule has 2 atom stereocenters. The first kappa shape index (κ1) is 22.5. The maximum Gasteiger partial charge on any atom is 0.321 e. The molecular formula is C21H33N5O3. The second-order valence-corrected chi connectivity index (χ2v) is 7.49. The van der Waals surface area contributed by atoms with E-state index in [2.05, 4.69) is 21.3 Å². The van der Waals surface area contributed by atoms with Gasteiger partial charge in [0.2, 0.25) is 5.91 Å². The summed E-state index contributed by atoms with van der Waals surface area (Å²) in [6, 6.07) is 6.63. The highest BCUT2D eigenvalue weighted by molar-refractivity contribution is 5.92. The first-order valence-electron chi connectivity index (χ1n) is 10.4. The van der Waals surface area contributed by atoms with Crippen molar-refractivity contribution in [1.82, 2.24) is 15.5 Å². The van der Waals surface area contributed by atoms with Crippen LogP contribution >= 0.6 is 0 Å². The molecule has 2 rings (SSSR count). The molecule has 1 aliphatic heterocycles. The lowest BCUT2D eigenvalue weighted by Gasteiger charge is -2.32. The molecule has 0 bridgehead atoms. The number of carbonyl (C=O) groups is 3. The fraction of sp³-hybridized carbons (Fsp3) is 0.571. The third kappa shape index (κ3) is 7.29. The van der Waals surface area contributed by atoms with E-state index in [1.165, 1.54) is 0 Å². The molecule has 160 valence electrons. The van der Waals surface area contributed by atoms with Crippen molar-refractivity contribution in [3.63, 3.8) is 0 Å². The van der Waals surface area contributed by atoms with Crippen LogP contribution in [0.3, 0.4) is 0 Å². The molecule has 1 saturated heterocycles. The lowest BCUT2D eigenvalue weighted by atomic mass is 9.97. The van der Waals surface area contributed by atoms with Gasteiger partial charge in [-0.15, -0.1) is 0 Å². The van der Waals surface area contributed by atoms with E-state index in [1.54, 1.807) is 29.2 Å². The Morgan fingerprint density at radius 1 is 1.10 bits per heavy atom. The van der Waals surface area contributed by atoms with E-state index in [1.807, 2.05) is 20.8 Å². The summed E-state index contributed by atoms with van der Waals surface area (Å²) in [5.74, 6) is -0.148. The number of nitrogens with zero attached hydrogens (tertiary/aromatic N) is 1. The Labute approximate surface area is 172 Å². The molecule has 0 aliphatic carbocycles. The molecule has 29 heavy (non-hydrogen) atoms. The number of hydrogen-bond acceptors (Lipinski definition) is 3. The molecule has 8 nitrogen and oxygen atoms in total. The second-order valence-electron chi connectivity index (χ2n) is 7.49. The molecular weight excluding hydrogens is 370 g/mol. The van der Waals surface area contributed by atoms with Crippen molar-refractivity contribution in [2.75, 3.05) is 30.3 Å². The van der Waals surface area contributed by atoms with E-state index < -0.39 is 0 Å². The Hall–Kier alpha value is -2.77. The molecule has 0 aromatic heterocycles. The standard InChI is InChI=1S/C21H33N5O3/c1-4-12-22-20(28)24-17-8-10-18(11-9-17)25-21(29)26-13-6-7-16(14-26)19(27)23-15(3)5-2/h8-11,15-16H,4-7,12-14H2,1-3H3,(H,23,27)(H,25,29)(H2,22,24,28)/t15-,16+/m0/s1. The predicted octanol–water partition coefficient (Wildman–Crippen LogP) is 3.38. The van der Waals surface area contributed by atoms with Crippen LogP contribution in [0.4, 0.5) is 21.0 Å². The topological polar surface area (TPSA) is 103 Å². The van der Waals surface area contributed by atoms with Crippen molar-refractivity contribution >= 4 is 29.3 Å². The van der Waals surface area contributed by atoms with Crippen molar-refractivity contribution in [1.29, 1.82) is 0 Å². The van der Waals surface area contributed by atoms with E-state index in [9.17, 15) is 14.4 Å². The van der Waals surface area contributed by atoms with Gasteiger partial charge in [0.25, 0.3) is 0 Å². The average Bonchev–Trinajstić information content (AvgIpc) is 2.73. The van der Waals surface area contributed by atoms with Gasteiger partial charge in [0.15, 0.2) is 0 Å².